The summed E-state index contributed by atoms with van der Waals surface area (Å²) in [4.78, 5) is 12.1. The Hall–Kier alpha value is -2.49. The molecular weight excluding hydrogens is 314 g/mol. The van der Waals surface area contributed by atoms with Gasteiger partial charge in [0.1, 0.15) is 11.5 Å². The van der Waals surface area contributed by atoms with Crippen molar-refractivity contribution in [1.82, 2.24) is 5.32 Å². The fourth-order valence-corrected chi connectivity index (χ4v) is 2.47. The highest BCUT2D eigenvalue weighted by Gasteiger charge is 2.09. The van der Waals surface area contributed by atoms with Crippen molar-refractivity contribution in [3.8, 4) is 11.5 Å². The number of rotatable bonds is 9. The molecule has 0 heterocycles. The fourth-order valence-electron chi connectivity index (χ4n) is 2.47. The highest BCUT2D eigenvalue weighted by molar-refractivity contribution is 5.76. The van der Waals surface area contributed by atoms with Gasteiger partial charge in [-0.15, -0.1) is 0 Å². The Kier molecular flexibility index (Phi) is 7.33. The van der Waals surface area contributed by atoms with Gasteiger partial charge in [0.05, 0.1) is 19.3 Å². The molecule has 0 bridgehead atoms. The summed E-state index contributed by atoms with van der Waals surface area (Å²) in [5, 5.41) is 3.02. The van der Waals surface area contributed by atoms with Crippen LogP contribution in [0, 0.1) is 6.92 Å². The number of ether oxygens (including phenoxy) is 2. The summed E-state index contributed by atoms with van der Waals surface area (Å²) in [6.07, 6.45) is 1.14. The SMILES string of the molecule is CCOc1ccc(C(C)NC(=O)CCCOc2ccc(C)cc2)cc1. The molecule has 0 fully saturated rings. The molecule has 0 aromatic heterocycles. The third-order valence-corrected chi connectivity index (χ3v) is 3.91. The lowest BCUT2D eigenvalue weighted by atomic mass is 10.1. The Balaban J connectivity index is 1.69. The van der Waals surface area contributed by atoms with Crippen LogP contribution in [0.1, 0.15) is 43.9 Å². The van der Waals surface area contributed by atoms with Gasteiger partial charge in [-0.05, 0) is 57.0 Å². The van der Waals surface area contributed by atoms with Gasteiger partial charge in [-0.1, -0.05) is 29.8 Å². The van der Waals surface area contributed by atoms with Crippen LogP contribution in [0.15, 0.2) is 48.5 Å². The predicted octanol–water partition coefficient (Wildman–Crippen LogP) is 4.43. The van der Waals surface area contributed by atoms with Crippen molar-refractivity contribution in [3.05, 3.63) is 59.7 Å². The molecule has 0 aliphatic rings. The van der Waals surface area contributed by atoms with Crippen molar-refractivity contribution in [2.45, 2.75) is 39.7 Å². The molecule has 2 rings (SSSR count). The molecule has 2 aromatic rings. The second kappa shape index (κ2) is 9.72. The van der Waals surface area contributed by atoms with Gasteiger partial charge in [-0.25, -0.2) is 0 Å². The quantitative estimate of drug-likeness (QED) is 0.686. The molecule has 1 amide bonds. The average Bonchev–Trinajstić information content (AvgIpc) is 2.61. The predicted molar refractivity (Wildman–Crippen MR) is 100 cm³/mol. The lowest BCUT2D eigenvalue weighted by Gasteiger charge is -2.15. The number of nitrogens with one attached hydrogen (secondary N) is 1. The van der Waals surface area contributed by atoms with E-state index in [2.05, 4.69) is 5.32 Å². The second-order valence-corrected chi connectivity index (χ2v) is 6.06. The molecule has 1 unspecified atom stereocenters. The van der Waals surface area contributed by atoms with Crippen LogP contribution in [-0.4, -0.2) is 19.1 Å². The first-order valence-electron chi connectivity index (χ1n) is 8.80. The molecule has 0 radical (unpaired) electrons. The summed E-state index contributed by atoms with van der Waals surface area (Å²) in [7, 11) is 0. The van der Waals surface area contributed by atoms with Gasteiger partial charge >= 0.3 is 0 Å². The Labute approximate surface area is 150 Å². The van der Waals surface area contributed by atoms with E-state index in [0.717, 1.165) is 17.1 Å². The molecule has 4 nitrogen and oxygen atoms in total. The molecule has 2 aromatic carbocycles. The topological polar surface area (TPSA) is 47.6 Å². The van der Waals surface area contributed by atoms with Crippen LogP contribution in [0.5, 0.6) is 11.5 Å². The number of hydrogen-bond donors (Lipinski definition) is 1. The van der Waals surface area contributed by atoms with E-state index in [1.54, 1.807) is 0 Å². The van der Waals surface area contributed by atoms with Gasteiger partial charge in [0, 0.05) is 6.42 Å². The van der Waals surface area contributed by atoms with Crippen molar-refractivity contribution in [1.29, 1.82) is 0 Å². The van der Waals surface area contributed by atoms with E-state index in [1.807, 2.05) is 69.3 Å². The molecule has 4 heteroatoms. The molecule has 0 aliphatic carbocycles. The maximum atomic E-state index is 12.1. The number of aryl methyl sites for hydroxylation is 1. The van der Waals surface area contributed by atoms with Crippen LogP contribution in [0.4, 0.5) is 0 Å². The van der Waals surface area contributed by atoms with Gasteiger partial charge in [0.2, 0.25) is 5.91 Å². The van der Waals surface area contributed by atoms with Gasteiger partial charge in [0.15, 0.2) is 0 Å². The van der Waals surface area contributed by atoms with E-state index in [4.69, 9.17) is 9.47 Å². The van der Waals surface area contributed by atoms with Crippen LogP contribution in [0.25, 0.3) is 0 Å². The molecule has 134 valence electrons. The molecule has 0 spiro atoms. The number of hydrogen-bond acceptors (Lipinski definition) is 3. The van der Waals surface area contributed by atoms with E-state index >= 15 is 0 Å². The van der Waals surface area contributed by atoms with Gasteiger partial charge in [0.25, 0.3) is 0 Å². The summed E-state index contributed by atoms with van der Waals surface area (Å²) in [6, 6.07) is 15.7. The normalized spacial score (nSPS) is 11.6. The summed E-state index contributed by atoms with van der Waals surface area (Å²) < 4.78 is 11.1. The Morgan fingerprint density at radius 3 is 2.24 bits per heavy atom. The first-order chi connectivity index (χ1) is 12.1. The fraction of sp³-hybridized carbons (Fsp3) is 0.381. The van der Waals surface area contributed by atoms with Crippen molar-refractivity contribution < 1.29 is 14.3 Å². The Morgan fingerprint density at radius 1 is 1.00 bits per heavy atom. The zero-order chi connectivity index (χ0) is 18.1. The number of carbonyl (C=O) groups is 1. The Bertz CT molecular complexity index is 650. The van der Waals surface area contributed by atoms with Gasteiger partial charge < -0.3 is 14.8 Å². The first-order valence-corrected chi connectivity index (χ1v) is 8.80. The third-order valence-electron chi connectivity index (χ3n) is 3.91. The first kappa shape index (κ1) is 18.8. The number of carbonyl (C=O) groups excluding carboxylic acids is 1. The molecule has 0 aliphatic heterocycles. The van der Waals surface area contributed by atoms with E-state index in [0.29, 0.717) is 26.1 Å². The molecule has 25 heavy (non-hydrogen) atoms. The van der Waals surface area contributed by atoms with Crippen LogP contribution in [-0.2, 0) is 4.79 Å². The molecule has 0 saturated carbocycles. The summed E-state index contributed by atoms with van der Waals surface area (Å²) in [6.45, 7) is 7.17. The maximum absolute atomic E-state index is 12.1. The maximum Gasteiger partial charge on any atom is 0.220 e. The molecule has 1 N–H and O–H groups in total. The smallest absolute Gasteiger partial charge is 0.220 e. The second-order valence-electron chi connectivity index (χ2n) is 6.06. The van der Waals surface area contributed by atoms with Crippen LogP contribution in [0.2, 0.25) is 0 Å². The molecule has 0 saturated heterocycles. The molecular formula is C21H27NO3. The number of benzene rings is 2. The van der Waals surface area contributed by atoms with Gasteiger partial charge in [-0.2, -0.15) is 0 Å². The largest absolute Gasteiger partial charge is 0.494 e. The molecule has 1 atom stereocenters. The summed E-state index contributed by atoms with van der Waals surface area (Å²) in [5.41, 5.74) is 2.27. The Morgan fingerprint density at radius 2 is 1.60 bits per heavy atom. The van der Waals surface area contributed by atoms with E-state index in [1.165, 1.54) is 5.56 Å². The standard InChI is InChI=1S/C21H27NO3/c1-4-24-19-13-9-18(10-14-19)17(3)22-21(23)6-5-15-25-20-11-7-16(2)8-12-20/h7-14,17H,4-6,15H2,1-3H3,(H,22,23). The minimum Gasteiger partial charge on any atom is -0.494 e. The average molecular weight is 341 g/mol. The zero-order valence-electron chi connectivity index (χ0n) is 15.2. The number of amides is 1. The van der Waals surface area contributed by atoms with Crippen molar-refractivity contribution in [2.24, 2.45) is 0 Å². The lowest BCUT2D eigenvalue weighted by molar-refractivity contribution is -0.121. The highest BCUT2D eigenvalue weighted by atomic mass is 16.5. The van der Waals surface area contributed by atoms with E-state index in [9.17, 15) is 4.79 Å². The van der Waals surface area contributed by atoms with Crippen LogP contribution >= 0.6 is 0 Å². The monoisotopic (exact) mass is 341 g/mol. The summed E-state index contributed by atoms with van der Waals surface area (Å²) >= 11 is 0. The van der Waals surface area contributed by atoms with Gasteiger partial charge in [-0.3, -0.25) is 4.79 Å². The van der Waals surface area contributed by atoms with E-state index in [-0.39, 0.29) is 11.9 Å². The van der Waals surface area contributed by atoms with Crippen molar-refractivity contribution in [2.75, 3.05) is 13.2 Å². The highest BCUT2D eigenvalue weighted by Crippen LogP contribution is 2.18. The van der Waals surface area contributed by atoms with Crippen LogP contribution < -0.4 is 14.8 Å². The summed E-state index contributed by atoms with van der Waals surface area (Å²) in [5.74, 6) is 1.72. The minimum absolute atomic E-state index is 0.0267. The van der Waals surface area contributed by atoms with Crippen molar-refractivity contribution in [3.63, 3.8) is 0 Å². The van der Waals surface area contributed by atoms with Crippen molar-refractivity contribution >= 4 is 5.91 Å². The lowest BCUT2D eigenvalue weighted by Crippen LogP contribution is -2.26. The zero-order valence-corrected chi connectivity index (χ0v) is 15.2. The van der Waals surface area contributed by atoms with E-state index < -0.39 is 0 Å². The minimum atomic E-state index is -0.0267. The third kappa shape index (κ3) is 6.49. The van der Waals surface area contributed by atoms with Crippen LogP contribution in [0.3, 0.4) is 0 Å².